The summed E-state index contributed by atoms with van der Waals surface area (Å²) in [7, 11) is 1.66. The zero-order valence-corrected chi connectivity index (χ0v) is 20.5. The molecule has 3 aromatic carbocycles. The van der Waals surface area contributed by atoms with Gasteiger partial charge >= 0.3 is 0 Å². The Bertz CT molecular complexity index is 1450. The van der Waals surface area contributed by atoms with Gasteiger partial charge < -0.3 is 10.1 Å². The summed E-state index contributed by atoms with van der Waals surface area (Å²) in [6.07, 6.45) is 1.91. The number of hydrogen-bond donors (Lipinski definition) is 1. The minimum Gasteiger partial charge on any atom is -0.497 e. The summed E-state index contributed by atoms with van der Waals surface area (Å²) >= 11 is 6.51. The van der Waals surface area contributed by atoms with E-state index < -0.39 is 0 Å². The quantitative estimate of drug-likeness (QED) is 0.282. The molecule has 7 heteroatoms. The van der Waals surface area contributed by atoms with Crippen molar-refractivity contribution in [1.29, 1.82) is 0 Å². The molecular formula is C28H26ClN5O. The summed E-state index contributed by atoms with van der Waals surface area (Å²) in [6, 6.07) is 24.7. The number of rotatable bonds is 8. The van der Waals surface area contributed by atoms with E-state index in [0.29, 0.717) is 23.0 Å². The molecule has 0 aliphatic rings. The first kappa shape index (κ1) is 23.0. The highest BCUT2D eigenvalue weighted by Gasteiger charge is 2.13. The third-order valence-electron chi connectivity index (χ3n) is 5.84. The Morgan fingerprint density at radius 2 is 1.63 bits per heavy atom. The van der Waals surface area contributed by atoms with Gasteiger partial charge in [-0.2, -0.15) is 5.10 Å². The average molecular weight is 484 g/mol. The first-order chi connectivity index (χ1) is 17.1. The van der Waals surface area contributed by atoms with Crippen LogP contribution < -0.4 is 10.1 Å². The fourth-order valence-electron chi connectivity index (χ4n) is 3.93. The molecule has 0 atom stereocenters. The molecule has 6 nitrogen and oxygen atoms in total. The predicted octanol–water partition coefficient (Wildman–Crippen LogP) is 5.80. The molecule has 0 amide bonds. The second kappa shape index (κ2) is 10.3. The number of hydrogen-bond acceptors (Lipinski definition) is 5. The predicted molar refractivity (Wildman–Crippen MR) is 140 cm³/mol. The van der Waals surface area contributed by atoms with E-state index in [9.17, 15) is 0 Å². The zero-order valence-electron chi connectivity index (χ0n) is 19.7. The summed E-state index contributed by atoms with van der Waals surface area (Å²) in [5.74, 6) is 1.41. The molecule has 5 rings (SSSR count). The maximum absolute atomic E-state index is 6.51. The Morgan fingerprint density at radius 3 is 2.40 bits per heavy atom. The molecule has 0 aliphatic carbocycles. The van der Waals surface area contributed by atoms with Crippen molar-refractivity contribution in [2.24, 2.45) is 0 Å². The number of aryl methyl sites for hydroxylation is 1. The van der Waals surface area contributed by atoms with Crippen LogP contribution in [0.1, 0.15) is 22.3 Å². The monoisotopic (exact) mass is 483 g/mol. The minimum atomic E-state index is 0.349. The second-order valence-corrected chi connectivity index (χ2v) is 8.89. The highest BCUT2D eigenvalue weighted by molar-refractivity contribution is 6.33. The van der Waals surface area contributed by atoms with E-state index in [1.54, 1.807) is 7.11 Å². The van der Waals surface area contributed by atoms with Crippen molar-refractivity contribution in [3.63, 3.8) is 0 Å². The molecule has 0 radical (unpaired) electrons. The van der Waals surface area contributed by atoms with Crippen molar-refractivity contribution in [3.05, 3.63) is 106 Å². The van der Waals surface area contributed by atoms with Gasteiger partial charge in [0.15, 0.2) is 11.0 Å². The Labute approximate surface area is 209 Å². The van der Waals surface area contributed by atoms with Crippen LogP contribution in [-0.4, -0.2) is 26.9 Å². The first-order valence-corrected chi connectivity index (χ1v) is 11.8. The minimum absolute atomic E-state index is 0.349. The lowest BCUT2D eigenvalue weighted by molar-refractivity contribution is 0.414. The molecule has 2 heterocycles. The Kier molecular flexibility index (Phi) is 6.75. The number of benzene rings is 3. The number of nitrogens with one attached hydrogen (secondary N) is 1. The molecule has 2 aromatic heterocycles. The molecule has 0 spiro atoms. The number of ether oxygens (including phenoxy) is 1. The van der Waals surface area contributed by atoms with Gasteiger partial charge in [-0.1, -0.05) is 71.8 Å². The molecule has 0 saturated carbocycles. The van der Waals surface area contributed by atoms with E-state index in [-0.39, 0.29) is 0 Å². The van der Waals surface area contributed by atoms with Crippen LogP contribution in [0.25, 0.3) is 22.4 Å². The third-order valence-corrected chi connectivity index (χ3v) is 6.10. The second-order valence-electron chi connectivity index (χ2n) is 8.54. The SMILES string of the molecule is COc1ccc(Cn2cc3nc(-c4cccc(CNCc5ccc(C)cc5)c4)nc(Cl)c3n2)cc1. The maximum atomic E-state index is 6.51. The first-order valence-electron chi connectivity index (χ1n) is 11.5. The van der Waals surface area contributed by atoms with E-state index in [0.717, 1.165) is 41.0 Å². The van der Waals surface area contributed by atoms with E-state index in [1.807, 2.05) is 47.3 Å². The summed E-state index contributed by atoms with van der Waals surface area (Å²) < 4.78 is 7.07. The number of halogens is 1. The molecule has 0 fully saturated rings. The van der Waals surface area contributed by atoms with Crippen molar-refractivity contribution in [3.8, 4) is 17.1 Å². The summed E-state index contributed by atoms with van der Waals surface area (Å²) in [6.45, 7) is 4.26. The average Bonchev–Trinajstić information content (AvgIpc) is 3.29. The molecule has 0 bridgehead atoms. The lowest BCUT2D eigenvalue weighted by Gasteiger charge is -2.08. The van der Waals surface area contributed by atoms with Crippen molar-refractivity contribution in [2.45, 2.75) is 26.6 Å². The van der Waals surface area contributed by atoms with Crippen LogP contribution in [0.4, 0.5) is 0 Å². The van der Waals surface area contributed by atoms with Gasteiger partial charge in [0.1, 0.15) is 16.8 Å². The molecule has 5 aromatic rings. The van der Waals surface area contributed by atoms with Gasteiger partial charge in [-0.05, 0) is 41.8 Å². The van der Waals surface area contributed by atoms with Crippen LogP contribution in [0.5, 0.6) is 5.75 Å². The standard InChI is InChI=1S/C28H26ClN5O/c1-19-6-8-20(9-7-19)15-30-16-22-4-3-5-23(14-22)28-31-25-18-34(33-26(25)27(29)32-28)17-21-10-12-24(35-2)13-11-21/h3-14,18,30H,15-17H2,1-2H3. The van der Waals surface area contributed by atoms with Gasteiger partial charge in [0, 0.05) is 18.7 Å². The van der Waals surface area contributed by atoms with Crippen molar-refractivity contribution < 1.29 is 4.74 Å². The number of methoxy groups -OCH3 is 1. The molecule has 35 heavy (non-hydrogen) atoms. The summed E-state index contributed by atoms with van der Waals surface area (Å²) in [4.78, 5) is 9.29. The summed E-state index contributed by atoms with van der Waals surface area (Å²) in [5, 5.41) is 8.45. The van der Waals surface area contributed by atoms with Crippen molar-refractivity contribution >= 4 is 22.6 Å². The van der Waals surface area contributed by atoms with Crippen LogP contribution in [0.2, 0.25) is 5.15 Å². The number of aromatic nitrogens is 4. The van der Waals surface area contributed by atoms with Gasteiger partial charge in [0.05, 0.1) is 19.9 Å². The van der Waals surface area contributed by atoms with Crippen LogP contribution in [0.3, 0.4) is 0 Å². The lowest BCUT2D eigenvalue weighted by atomic mass is 10.1. The van der Waals surface area contributed by atoms with Crippen LogP contribution in [0.15, 0.2) is 79.0 Å². The van der Waals surface area contributed by atoms with Gasteiger partial charge in [-0.3, -0.25) is 4.68 Å². The zero-order chi connectivity index (χ0) is 24.2. The van der Waals surface area contributed by atoms with Crippen LogP contribution in [-0.2, 0) is 19.6 Å². The molecule has 176 valence electrons. The third kappa shape index (κ3) is 5.50. The molecule has 0 aliphatic heterocycles. The van der Waals surface area contributed by atoms with Gasteiger partial charge in [-0.15, -0.1) is 0 Å². The smallest absolute Gasteiger partial charge is 0.161 e. The van der Waals surface area contributed by atoms with E-state index >= 15 is 0 Å². The largest absolute Gasteiger partial charge is 0.497 e. The highest BCUT2D eigenvalue weighted by atomic mass is 35.5. The normalized spacial score (nSPS) is 11.2. The Balaban J connectivity index is 1.32. The molecule has 1 N–H and O–H groups in total. The summed E-state index contributed by atoms with van der Waals surface area (Å²) in [5.41, 5.74) is 7.03. The topological polar surface area (TPSA) is 64.9 Å². The van der Waals surface area contributed by atoms with Gasteiger partial charge in [-0.25, -0.2) is 9.97 Å². The number of nitrogens with zero attached hydrogens (tertiary/aromatic N) is 4. The van der Waals surface area contributed by atoms with E-state index in [4.69, 9.17) is 21.3 Å². The van der Waals surface area contributed by atoms with Crippen LogP contribution >= 0.6 is 11.6 Å². The van der Waals surface area contributed by atoms with Crippen LogP contribution in [0, 0.1) is 6.92 Å². The Morgan fingerprint density at radius 1 is 0.886 bits per heavy atom. The van der Waals surface area contributed by atoms with Gasteiger partial charge in [0.2, 0.25) is 0 Å². The molecular weight excluding hydrogens is 458 g/mol. The molecule has 0 unspecified atom stereocenters. The van der Waals surface area contributed by atoms with E-state index in [1.165, 1.54) is 11.1 Å². The fraction of sp³-hybridized carbons (Fsp3) is 0.179. The highest BCUT2D eigenvalue weighted by Crippen LogP contribution is 2.25. The van der Waals surface area contributed by atoms with Crippen molar-refractivity contribution in [2.75, 3.05) is 7.11 Å². The fourth-order valence-corrected chi connectivity index (χ4v) is 4.14. The molecule has 0 saturated heterocycles. The number of fused-ring (bicyclic) bond motifs is 1. The van der Waals surface area contributed by atoms with Crippen molar-refractivity contribution in [1.82, 2.24) is 25.1 Å². The Hall–Kier alpha value is -3.74. The lowest BCUT2D eigenvalue weighted by Crippen LogP contribution is -2.12. The van der Waals surface area contributed by atoms with E-state index in [2.05, 4.69) is 58.7 Å². The van der Waals surface area contributed by atoms with Gasteiger partial charge in [0.25, 0.3) is 0 Å². The maximum Gasteiger partial charge on any atom is 0.161 e.